The summed E-state index contributed by atoms with van der Waals surface area (Å²) >= 11 is 0. The van der Waals surface area contributed by atoms with Crippen molar-refractivity contribution in [2.24, 2.45) is 5.41 Å². The van der Waals surface area contributed by atoms with Gasteiger partial charge in [0.05, 0.1) is 0 Å². The van der Waals surface area contributed by atoms with Crippen LogP contribution in [0, 0.1) is 12.3 Å². The number of nitrogens with zero attached hydrogens (tertiary/aromatic N) is 4. The molecule has 14 heteroatoms. The van der Waals surface area contributed by atoms with E-state index in [2.05, 4.69) is 33.9 Å². The molecule has 188 valence electrons. The van der Waals surface area contributed by atoms with Gasteiger partial charge in [-0.25, -0.2) is 19.6 Å². The molecule has 1 saturated carbocycles. The van der Waals surface area contributed by atoms with E-state index in [1.165, 1.54) is 25.7 Å². The molecule has 8 nitrogen and oxygen atoms in total. The van der Waals surface area contributed by atoms with Gasteiger partial charge in [0.15, 0.2) is 0 Å². The van der Waals surface area contributed by atoms with Crippen LogP contribution in [0.15, 0.2) is 12.4 Å². The van der Waals surface area contributed by atoms with Crippen LogP contribution >= 0.6 is 0 Å². The molecular formula is C19H26F6N4O4. The first-order valence-electron chi connectivity index (χ1n) is 9.77. The number of halogens is 6. The van der Waals surface area contributed by atoms with Crippen LogP contribution in [0.4, 0.5) is 32.3 Å². The van der Waals surface area contributed by atoms with Crippen molar-refractivity contribution >= 4 is 17.9 Å². The van der Waals surface area contributed by atoms with Crippen molar-refractivity contribution in [2.45, 2.75) is 51.0 Å². The molecule has 0 radical (unpaired) electrons. The van der Waals surface area contributed by atoms with Crippen LogP contribution in [-0.4, -0.2) is 82.6 Å². The van der Waals surface area contributed by atoms with E-state index in [1.807, 2.05) is 19.3 Å². The Labute approximate surface area is 186 Å². The summed E-state index contributed by atoms with van der Waals surface area (Å²) in [6.45, 7) is 4.26. The summed E-state index contributed by atoms with van der Waals surface area (Å²) in [5.41, 5.74) is 1.75. The third kappa shape index (κ3) is 9.02. The standard InChI is InChI=1S/C15H24N4.2C2HF3O2/c1-12-10-16-14(17-11-12)19-6-4-15(5-7-19)8-13(9-15)18(2)3;2*3-2(4,5)1(6)7/h10-11,13H,4-9H2,1-3H3;2*(H,6,7). The van der Waals surface area contributed by atoms with Gasteiger partial charge in [-0.1, -0.05) is 0 Å². The molecular weight excluding hydrogens is 462 g/mol. The largest absolute Gasteiger partial charge is 0.490 e. The maximum Gasteiger partial charge on any atom is 0.490 e. The van der Waals surface area contributed by atoms with E-state index in [0.717, 1.165) is 30.6 Å². The number of carbonyl (C=O) groups is 2. The highest BCUT2D eigenvalue weighted by Crippen LogP contribution is 2.50. The summed E-state index contributed by atoms with van der Waals surface area (Å²) < 4.78 is 63.5. The van der Waals surface area contributed by atoms with Crippen molar-refractivity contribution in [3.8, 4) is 0 Å². The highest BCUT2D eigenvalue weighted by atomic mass is 19.4. The molecule has 0 bridgehead atoms. The Morgan fingerprint density at radius 2 is 1.33 bits per heavy atom. The lowest BCUT2D eigenvalue weighted by Gasteiger charge is -2.54. The topological polar surface area (TPSA) is 107 Å². The summed E-state index contributed by atoms with van der Waals surface area (Å²) in [5, 5.41) is 14.2. The number of rotatable bonds is 2. The molecule has 1 aliphatic heterocycles. The van der Waals surface area contributed by atoms with E-state index in [4.69, 9.17) is 19.8 Å². The number of aromatic nitrogens is 2. The zero-order chi connectivity index (χ0) is 25.6. The molecule has 1 aliphatic carbocycles. The van der Waals surface area contributed by atoms with Gasteiger partial charge >= 0.3 is 24.3 Å². The maximum absolute atomic E-state index is 10.6. The highest BCUT2D eigenvalue weighted by Gasteiger charge is 2.46. The van der Waals surface area contributed by atoms with E-state index in [-0.39, 0.29) is 0 Å². The molecule has 1 spiro atoms. The second-order valence-corrected chi connectivity index (χ2v) is 8.18. The van der Waals surface area contributed by atoms with Crippen molar-refractivity contribution in [3.63, 3.8) is 0 Å². The Kier molecular flexibility index (Phi) is 9.45. The zero-order valence-electron chi connectivity index (χ0n) is 18.2. The molecule has 33 heavy (non-hydrogen) atoms. The molecule has 1 aromatic heterocycles. The first-order valence-corrected chi connectivity index (χ1v) is 9.77. The quantitative estimate of drug-likeness (QED) is 0.611. The molecule has 1 saturated heterocycles. The number of carboxylic acid groups (broad SMARTS) is 2. The van der Waals surface area contributed by atoms with E-state index >= 15 is 0 Å². The highest BCUT2D eigenvalue weighted by molar-refractivity contribution is 5.73. The Morgan fingerprint density at radius 1 is 0.970 bits per heavy atom. The Bertz CT molecular complexity index is 759. The summed E-state index contributed by atoms with van der Waals surface area (Å²) in [6.07, 6.45) is -0.982. The number of hydrogen-bond acceptors (Lipinski definition) is 6. The van der Waals surface area contributed by atoms with Gasteiger partial charge in [-0.3, -0.25) is 0 Å². The molecule has 0 aromatic carbocycles. The number of piperidine rings is 1. The van der Waals surface area contributed by atoms with Crippen LogP contribution in [0.2, 0.25) is 0 Å². The van der Waals surface area contributed by atoms with E-state index in [1.54, 1.807) is 0 Å². The maximum atomic E-state index is 10.6. The van der Waals surface area contributed by atoms with E-state index in [0.29, 0.717) is 5.41 Å². The summed E-state index contributed by atoms with van der Waals surface area (Å²) in [7, 11) is 4.40. The Morgan fingerprint density at radius 3 is 1.64 bits per heavy atom. The number of anilines is 1. The van der Waals surface area contributed by atoms with E-state index < -0.39 is 24.3 Å². The van der Waals surface area contributed by atoms with Crippen LogP contribution in [-0.2, 0) is 9.59 Å². The number of alkyl halides is 6. The van der Waals surface area contributed by atoms with Gasteiger partial charge in [0.1, 0.15) is 0 Å². The molecule has 0 amide bonds. The summed E-state index contributed by atoms with van der Waals surface area (Å²) in [6, 6.07) is 0.808. The fraction of sp³-hybridized carbons (Fsp3) is 0.684. The second kappa shape index (κ2) is 11.0. The van der Waals surface area contributed by atoms with Gasteiger partial charge in [-0.2, -0.15) is 26.3 Å². The minimum absolute atomic E-state index is 0.621. The average Bonchev–Trinajstić information content (AvgIpc) is 2.66. The van der Waals surface area contributed by atoms with Crippen LogP contribution in [0.5, 0.6) is 0 Å². The van der Waals surface area contributed by atoms with Gasteiger partial charge in [-0.15, -0.1) is 0 Å². The molecule has 2 aliphatic rings. The lowest BCUT2D eigenvalue weighted by Crippen LogP contribution is -2.53. The molecule has 2 N–H and O–H groups in total. The fourth-order valence-corrected chi connectivity index (χ4v) is 3.44. The number of hydrogen-bond donors (Lipinski definition) is 2. The van der Waals surface area contributed by atoms with Crippen LogP contribution < -0.4 is 4.90 Å². The first-order chi connectivity index (χ1) is 15.0. The van der Waals surface area contributed by atoms with Crippen molar-refractivity contribution < 1.29 is 46.1 Å². The molecule has 0 unspecified atom stereocenters. The smallest absolute Gasteiger partial charge is 0.475 e. The normalized spacial score (nSPS) is 17.9. The monoisotopic (exact) mass is 488 g/mol. The summed E-state index contributed by atoms with van der Waals surface area (Å²) in [5.74, 6) is -4.61. The molecule has 0 atom stereocenters. The van der Waals surface area contributed by atoms with E-state index in [9.17, 15) is 26.3 Å². The van der Waals surface area contributed by atoms with Crippen LogP contribution in [0.25, 0.3) is 0 Å². The lowest BCUT2D eigenvalue weighted by atomic mass is 9.60. The average molecular weight is 488 g/mol. The minimum atomic E-state index is -5.08. The SMILES string of the molecule is Cc1cnc(N2CCC3(CC2)CC(N(C)C)C3)nc1.O=C(O)C(F)(F)F.O=C(O)C(F)(F)F. The zero-order valence-corrected chi connectivity index (χ0v) is 18.2. The summed E-state index contributed by atoms with van der Waals surface area (Å²) in [4.78, 5) is 31.4. The van der Waals surface area contributed by atoms with Gasteiger partial charge in [0.25, 0.3) is 0 Å². The van der Waals surface area contributed by atoms with Gasteiger partial charge < -0.3 is 20.0 Å². The molecule has 1 aromatic rings. The number of aryl methyl sites for hydroxylation is 1. The van der Waals surface area contributed by atoms with Gasteiger partial charge in [0, 0.05) is 31.5 Å². The number of aliphatic carboxylic acids is 2. The lowest BCUT2D eigenvalue weighted by molar-refractivity contribution is -0.193. The third-order valence-corrected chi connectivity index (χ3v) is 5.43. The van der Waals surface area contributed by atoms with Crippen molar-refractivity contribution in [2.75, 3.05) is 32.1 Å². The molecule has 3 rings (SSSR count). The Hall–Kier alpha value is -2.64. The van der Waals surface area contributed by atoms with Gasteiger partial charge in [-0.05, 0) is 57.7 Å². The van der Waals surface area contributed by atoms with Crippen molar-refractivity contribution in [1.29, 1.82) is 0 Å². The predicted octanol–water partition coefficient (Wildman–Crippen LogP) is 3.36. The second-order valence-electron chi connectivity index (χ2n) is 8.18. The third-order valence-electron chi connectivity index (χ3n) is 5.43. The Balaban J connectivity index is 0.000000324. The van der Waals surface area contributed by atoms with Crippen LogP contribution in [0.1, 0.15) is 31.2 Å². The predicted molar refractivity (Wildman–Crippen MR) is 105 cm³/mol. The van der Waals surface area contributed by atoms with Crippen LogP contribution in [0.3, 0.4) is 0 Å². The molecule has 2 heterocycles. The number of carboxylic acids is 2. The first kappa shape index (κ1) is 28.4. The fourth-order valence-electron chi connectivity index (χ4n) is 3.44. The van der Waals surface area contributed by atoms with Crippen molar-refractivity contribution in [1.82, 2.24) is 14.9 Å². The van der Waals surface area contributed by atoms with Gasteiger partial charge in [0.2, 0.25) is 5.95 Å². The van der Waals surface area contributed by atoms with Crippen molar-refractivity contribution in [3.05, 3.63) is 18.0 Å². The minimum Gasteiger partial charge on any atom is -0.475 e. The molecule has 2 fully saturated rings.